The molecular formula is C15H20N2O2. The van der Waals surface area contributed by atoms with Crippen molar-refractivity contribution in [2.75, 3.05) is 11.5 Å². The molecule has 4 heteroatoms. The van der Waals surface area contributed by atoms with E-state index in [1.807, 2.05) is 37.3 Å². The van der Waals surface area contributed by atoms with E-state index >= 15 is 0 Å². The number of anilines is 1. The lowest BCUT2D eigenvalue weighted by Crippen LogP contribution is -2.37. The SMILES string of the molecule is CCC(CO)N(Cc1ncc(C)o1)c1ccccc1. The van der Waals surface area contributed by atoms with Gasteiger partial charge in [0.1, 0.15) is 5.76 Å². The minimum absolute atomic E-state index is 0.0645. The van der Waals surface area contributed by atoms with Crippen LogP contribution in [0.4, 0.5) is 5.69 Å². The number of aromatic nitrogens is 1. The number of aliphatic hydroxyl groups is 1. The first-order valence-electron chi connectivity index (χ1n) is 6.58. The fourth-order valence-electron chi connectivity index (χ4n) is 2.12. The summed E-state index contributed by atoms with van der Waals surface area (Å²) in [6.07, 6.45) is 2.59. The molecule has 0 amide bonds. The van der Waals surface area contributed by atoms with Crippen LogP contribution in [-0.2, 0) is 6.54 Å². The Labute approximate surface area is 113 Å². The first-order valence-corrected chi connectivity index (χ1v) is 6.58. The third-order valence-corrected chi connectivity index (χ3v) is 3.19. The van der Waals surface area contributed by atoms with Crippen molar-refractivity contribution in [3.63, 3.8) is 0 Å². The van der Waals surface area contributed by atoms with Crippen LogP contribution in [0, 0.1) is 6.92 Å². The van der Waals surface area contributed by atoms with Crippen molar-refractivity contribution in [1.29, 1.82) is 0 Å². The Kier molecular flexibility index (Phi) is 4.58. The maximum absolute atomic E-state index is 9.55. The van der Waals surface area contributed by atoms with Gasteiger partial charge in [0.2, 0.25) is 5.89 Å². The number of hydrogen-bond donors (Lipinski definition) is 1. The summed E-state index contributed by atoms with van der Waals surface area (Å²) in [5.74, 6) is 1.48. The third-order valence-electron chi connectivity index (χ3n) is 3.19. The molecule has 1 N–H and O–H groups in total. The Bertz CT molecular complexity index is 492. The summed E-state index contributed by atoms with van der Waals surface area (Å²) in [7, 11) is 0. The lowest BCUT2D eigenvalue weighted by Gasteiger charge is -2.30. The molecule has 1 aromatic heterocycles. The molecule has 1 unspecified atom stereocenters. The van der Waals surface area contributed by atoms with Gasteiger partial charge in [0.05, 0.1) is 25.4 Å². The van der Waals surface area contributed by atoms with E-state index in [0.717, 1.165) is 17.9 Å². The average Bonchev–Trinajstić information content (AvgIpc) is 2.85. The van der Waals surface area contributed by atoms with E-state index in [-0.39, 0.29) is 12.6 Å². The Morgan fingerprint density at radius 2 is 2.05 bits per heavy atom. The minimum atomic E-state index is 0.0645. The van der Waals surface area contributed by atoms with E-state index in [1.54, 1.807) is 6.20 Å². The number of oxazole rings is 1. The molecule has 0 saturated carbocycles. The van der Waals surface area contributed by atoms with E-state index in [9.17, 15) is 5.11 Å². The summed E-state index contributed by atoms with van der Waals surface area (Å²) in [5, 5.41) is 9.55. The molecule has 1 aromatic carbocycles. The van der Waals surface area contributed by atoms with Crippen molar-refractivity contribution in [3.8, 4) is 0 Å². The fourth-order valence-corrected chi connectivity index (χ4v) is 2.12. The molecule has 19 heavy (non-hydrogen) atoms. The van der Waals surface area contributed by atoms with Crippen molar-refractivity contribution in [3.05, 3.63) is 48.2 Å². The summed E-state index contributed by atoms with van der Waals surface area (Å²) in [6.45, 7) is 4.63. The molecule has 0 spiro atoms. The Balaban J connectivity index is 2.24. The zero-order chi connectivity index (χ0) is 13.7. The first-order chi connectivity index (χ1) is 9.24. The highest BCUT2D eigenvalue weighted by Gasteiger charge is 2.18. The zero-order valence-corrected chi connectivity index (χ0v) is 11.4. The lowest BCUT2D eigenvalue weighted by atomic mass is 10.1. The van der Waals surface area contributed by atoms with Gasteiger partial charge < -0.3 is 14.4 Å². The monoisotopic (exact) mass is 260 g/mol. The van der Waals surface area contributed by atoms with Gasteiger partial charge in [0.15, 0.2) is 0 Å². The number of benzene rings is 1. The van der Waals surface area contributed by atoms with E-state index in [4.69, 9.17) is 4.42 Å². The highest BCUT2D eigenvalue weighted by Crippen LogP contribution is 2.21. The van der Waals surface area contributed by atoms with Gasteiger partial charge >= 0.3 is 0 Å². The maximum Gasteiger partial charge on any atom is 0.213 e. The Hall–Kier alpha value is -1.81. The molecular weight excluding hydrogens is 240 g/mol. The number of rotatable bonds is 6. The predicted molar refractivity (Wildman–Crippen MR) is 75.0 cm³/mol. The van der Waals surface area contributed by atoms with Crippen LogP contribution in [0.15, 0.2) is 40.9 Å². The molecule has 0 aliphatic rings. The van der Waals surface area contributed by atoms with Crippen LogP contribution in [0.2, 0.25) is 0 Å². The largest absolute Gasteiger partial charge is 0.444 e. The smallest absolute Gasteiger partial charge is 0.213 e. The van der Waals surface area contributed by atoms with Gasteiger partial charge in [-0.2, -0.15) is 0 Å². The summed E-state index contributed by atoms with van der Waals surface area (Å²) in [4.78, 5) is 6.37. The second-order valence-electron chi connectivity index (χ2n) is 4.57. The van der Waals surface area contributed by atoms with Crippen LogP contribution < -0.4 is 4.90 Å². The molecule has 1 heterocycles. The third kappa shape index (κ3) is 3.35. The molecule has 0 aliphatic carbocycles. The normalized spacial score (nSPS) is 12.4. The second-order valence-corrected chi connectivity index (χ2v) is 4.57. The van der Waals surface area contributed by atoms with Gasteiger partial charge in [0, 0.05) is 5.69 Å². The van der Waals surface area contributed by atoms with E-state index < -0.39 is 0 Å². The molecule has 2 rings (SSSR count). The predicted octanol–water partition coefficient (Wildman–Crippen LogP) is 2.76. The number of para-hydroxylation sites is 1. The van der Waals surface area contributed by atoms with E-state index in [2.05, 4.69) is 16.8 Å². The van der Waals surface area contributed by atoms with Gasteiger partial charge in [-0.25, -0.2) is 4.98 Å². The zero-order valence-electron chi connectivity index (χ0n) is 11.4. The van der Waals surface area contributed by atoms with Crippen LogP contribution >= 0.6 is 0 Å². The van der Waals surface area contributed by atoms with Crippen LogP contribution in [-0.4, -0.2) is 22.7 Å². The summed E-state index contributed by atoms with van der Waals surface area (Å²) in [6, 6.07) is 10.1. The second kappa shape index (κ2) is 6.38. The number of aliphatic hydroxyl groups excluding tert-OH is 1. The number of hydrogen-bond acceptors (Lipinski definition) is 4. The first kappa shape index (κ1) is 13.6. The van der Waals surface area contributed by atoms with Gasteiger partial charge in [-0.15, -0.1) is 0 Å². The highest BCUT2D eigenvalue weighted by atomic mass is 16.4. The summed E-state index contributed by atoms with van der Waals surface area (Å²) >= 11 is 0. The van der Waals surface area contributed by atoms with Crippen LogP contribution in [0.25, 0.3) is 0 Å². The Morgan fingerprint density at radius 3 is 2.58 bits per heavy atom. The van der Waals surface area contributed by atoms with Gasteiger partial charge in [-0.05, 0) is 25.5 Å². The molecule has 0 bridgehead atoms. The van der Waals surface area contributed by atoms with Crippen LogP contribution in [0.1, 0.15) is 25.0 Å². The molecule has 1 atom stereocenters. The van der Waals surface area contributed by atoms with Crippen molar-refractivity contribution in [2.45, 2.75) is 32.9 Å². The minimum Gasteiger partial charge on any atom is -0.444 e. The molecule has 0 radical (unpaired) electrons. The summed E-state index contributed by atoms with van der Waals surface area (Å²) in [5.41, 5.74) is 1.07. The molecule has 0 aliphatic heterocycles. The van der Waals surface area contributed by atoms with Crippen LogP contribution in [0.5, 0.6) is 0 Å². The molecule has 2 aromatic rings. The molecule has 4 nitrogen and oxygen atoms in total. The molecule has 0 fully saturated rings. The number of aryl methyl sites for hydroxylation is 1. The quantitative estimate of drug-likeness (QED) is 0.867. The maximum atomic E-state index is 9.55. The topological polar surface area (TPSA) is 49.5 Å². The van der Waals surface area contributed by atoms with Gasteiger partial charge in [-0.1, -0.05) is 25.1 Å². The standard InChI is InChI=1S/C15H20N2O2/c1-3-13(11-18)17(14-7-5-4-6-8-14)10-15-16-9-12(2)19-15/h4-9,13,18H,3,10-11H2,1-2H3. The average molecular weight is 260 g/mol. The highest BCUT2D eigenvalue weighted by molar-refractivity contribution is 5.47. The van der Waals surface area contributed by atoms with Crippen molar-refractivity contribution in [2.24, 2.45) is 0 Å². The molecule has 0 saturated heterocycles. The van der Waals surface area contributed by atoms with Gasteiger partial charge in [-0.3, -0.25) is 0 Å². The van der Waals surface area contributed by atoms with Crippen LogP contribution in [0.3, 0.4) is 0 Å². The fraction of sp³-hybridized carbons (Fsp3) is 0.400. The Morgan fingerprint density at radius 1 is 1.32 bits per heavy atom. The van der Waals surface area contributed by atoms with E-state index in [1.165, 1.54) is 0 Å². The molecule has 102 valence electrons. The lowest BCUT2D eigenvalue weighted by molar-refractivity contribution is 0.252. The van der Waals surface area contributed by atoms with Crippen molar-refractivity contribution >= 4 is 5.69 Å². The van der Waals surface area contributed by atoms with Gasteiger partial charge in [0.25, 0.3) is 0 Å². The van der Waals surface area contributed by atoms with E-state index in [0.29, 0.717) is 12.4 Å². The number of nitrogens with zero attached hydrogens (tertiary/aromatic N) is 2. The van der Waals surface area contributed by atoms with Crippen molar-refractivity contribution < 1.29 is 9.52 Å². The van der Waals surface area contributed by atoms with Crippen molar-refractivity contribution in [1.82, 2.24) is 4.98 Å². The summed E-state index contributed by atoms with van der Waals surface area (Å²) < 4.78 is 5.54.